The molecule has 1 aromatic carbocycles. The number of nitrogens with zero attached hydrogens (tertiary/aromatic N) is 1. The number of amides is 1. The van der Waals surface area contributed by atoms with E-state index in [2.05, 4.69) is 5.32 Å². The lowest BCUT2D eigenvalue weighted by atomic mass is 9.61. The topological polar surface area (TPSA) is 52.6 Å². The summed E-state index contributed by atoms with van der Waals surface area (Å²) in [5.41, 5.74) is 1.06. The molecule has 1 aromatic rings. The first kappa shape index (κ1) is 14.6. The van der Waals surface area contributed by atoms with E-state index < -0.39 is 0 Å². The highest BCUT2D eigenvalue weighted by Crippen LogP contribution is 2.49. The number of benzene rings is 1. The van der Waals surface area contributed by atoms with Crippen molar-refractivity contribution in [3.05, 3.63) is 27.7 Å². The van der Waals surface area contributed by atoms with Gasteiger partial charge in [-0.15, -0.1) is 0 Å². The molecule has 0 radical (unpaired) electrons. The molecule has 4 nitrogen and oxygen atoms in total. The van der Waals surface area contributed by atoms with Crippen molar-refractivity contribution in [2.75, 3.05) is 19.6 Å². The van der Waals surface area contributed by atoms with Crippen LogP contribution < -0.4 is 5.32 Å². The van der Waals surface area contributed by atoms with Crippen LogP contribution in [0.15, 0.2) is 12.1 Å². The standard InChI is InChI=1S/C16H18Cl2N2O2/c17-11-1-2-12(21)14(15(11)18)9-3-13(22)20(6-9)10-4-16(5-10)7-19-8-16/h1-2,9-10,19,21H,3-8H2. The zero-order valence-corrected chi connectivity index (χ0v) is 13.6. The average molecular weight is 341 g/mol. The first-order valence-corrected chi connectivity index (χ1v) is 8.42. The predicted octanol–water partition coefficient (Wildman–Crippen LogP) is 2.77. The smallest absolute Gasteiger partial charge is 0.223 e. The van der Waals surface area contributed by atoms with Crippen LogP contribution in [-0.2, 0) is 4.79 Å². The lowest BCUT2D eigenvalue weighted by Gasteiger charge is -2.56. The number of carbonyl (C=O) groups excluding carboxylic acids is 1. The summed E-state index contributed by atoms with van der Waals surface area (Å²) in [6.07, 6.45) is 2.58. The van der Waals surface area contributed by atoms with E-state index in [0.717, 1.165) is 25.9 Å². The third-order valence-corrected chi connectivity index (χ3v) is 6.27. The molecule has 0 bridgehead atoms. The largest absolute Gasteiger partial charge is 0.508 e. The van der Waals surface area contributed by atoms with Gasteiger partial charge in [0.2, 0.25) is 5.91 Å². The van der Waals surface area contributed by atoms with E-state index in [1.807, 2.05) is 4.90 Å². The number of nitrogens with one attached hydrogen (secondary N) is 1. The molecule has 1 atom stereocenters. The van der Waals surface area contributed by atoms with Gasteiger partial charge in [-0.05, 0) is 30.4 Å². The van der Waals surface area contributed by atoms with E-state index in [9.17, 15) is 9.90 Å². The zero-order chi connectivity index (χ0) is 15.5. The fourth-order valence-corrected chi connectivity index (χ4v) is 4.63. The van der Waals surface area contributed by atoms with Crippen molar-refractivity contribution < 1.29 is 9.90 Å². The molecule has 1 aliphatic carbocycles. The number of phenolic OH excluding ortho intramolecular Hbond substituents is 1. The van der Waals surface area contributed by atoms with Crippen LogP contribution in [0.5, 0.6) is 5.75 Å². The van der Waals surface area contributed by atoms with Gasteiger partial charge in [0.1, 0.15) is 5.75 Å². The summed E-state index contributed by atoms with van der Waals surface area (Å²) in [6.45, 7) is 2.78. The number of phenols is 1. The van der Waals surface area contributed by atoms with E-state index in [4.69, 9.17) is 23.2 Å². The van der Waals surface area contributed by atoms with Gasteiger partial charge in [0.15, 0.2) is 0 Å². The van der Waals surface area contributed by atoms with Crippen molar-refractivity contribution in [3.8, 4) is 5.75 Å². The second kappa shape index (κ2) is 5.02. The van der Waals surface area contributed by atoms with Crippen molar-refractivity contribution in [2.24, 2.45) is 5.41 Å². The minimum atomic E-state index is -0.0743. The number of carbonyl (C=O) groups is 1. The quantitative estimate of drug-likeness (QED) is 0.870. The van der Waals surface area contributed by atoms with E-state index in [1.54, 1.807) is 12.1 Å². The minimum absolute atomic E-state index is 0.0743. The van der Waals surface area contributed by atoms with Crippen LogP contribution in [0.1, 0.15) is 30.7 Å². The van der Waals surface area contributed by atoms with Gasteiger partial charge in [-0.3, -0.25) is 4.79 Å². The summed E-state index contributed by atoms with van der Waals surface area (Å²) >= 11 is 12.3. The molecular weight excluding hydrogens is 323 g/mol. The number of hydrogen-bond acceptors (Lipinski definition) is 3. The highest BCUT2D eigenvalue weighted by molar-refractivity contribution is 6.42. The van der Waals surface area contributed by atoms with Crippen LogP contribution in [0.2, 0.25) is 10.0 Å². The Labute approximate surface area is 139 Å². The third-order valence-electron chi connectivity index (χ3n) is 5.45. The predicted molar refractivity (Wildman–Crippen MR) is 85.5 cm³/mol. The maximum absolute atomic E-state index is 12.4. The number of aromatic hydroxyl groups is 1. The molecule has 4 rings (SSSR count). The molecule has 2 aliphatic heterocycles. The van der Waals surface area contributed by atoms with Gasteiger partial charge in [0.05, 0.1) is 10.0 Å². The monoisotopic (exact) mass is 340 g/mol. The van der Waals surface area contributed by atoms with Crippen LogP contribution in [0.3, 0.4) is 0 Å². The van der Waals surface area contributed by atoms with Gasteiger partial charge < -0.3 is 15.3 Å². The van der Waals surface area contributed by atoms with Crippen LogP contribution >= 0.6 is 23.2 Å². The summed E-state index contributed by atoms with van der Waals surface area (Å²) in [5, 5.41) is 14.2. The van der Waals surface area contributed by atoms with Gasteiger partial charge in [0, 0.05) is 43.6 Å². The Morgan fingerprint density at radius 1 is 1.27 bits per heavy atom. The number of likely N-dealkylation sites (tertiary alicyclic amines) is 1. The van der Waals surface area contributed by atoms with E-state index in [0.29, 0.717) is 40.0 Å². The molecule has 2 N–H and O–H groups in total. The fraction of sp³-hybridized carbons (Fsp3) is 0.562. The lowest BCUT2D eigenvalue weighted by molar-refractivity contribution is -0.135. The Bertz CT molecular complexity index is 637. The Balaban J connectivity index is 1.52. The molecule has 2 heterocycles. The first-order valence-electron chi connectivity index (χ1n) is 7.66. The Morgan fingerprint density at radius 2 is 2.00 bits per heavy atom. The van der Waals surface area contributed by atoms with Crippen LogP contribution in [0.4, 0.5) is 0 Å². The molecule has 1 spiro atoms. The van der Waals surface area contributed by atoms with E-state index in [-0.39, 0.29) is 17.6 Å². The highest BCUT2D eigenvalue weighted by atomic mass is 35.5. The van der Waals surface area contributed by atoms with Crippen LogP contribution in [0.25, 0.3) is 0 Å². The van der Waals surface area contributed by atoms with E-state index in [1.165, 1.54) is 0 Å². The minimum Gasteiger partial charge on any atom is -0.508 e. The summed E-state index contributed by atoms with van der Waals surface area (Å²) in [7, 11) is 0. The Hall–Kier alpha value is -0.970. The first-order chi connectivity index (χ1) is 10.5. The molecule has 3 fully saturated rings. The van der Waals surface area contributed by atoms with Crippen molar-refractivity contribution in [2.45, 2.75) is 31.2 Å². The van der Waals surface area contributed by atoms with E-state index >= 15 is 0 Å². The molecular formula is C16H18Cl2N2O2. The van der Waals surface area contributed by atoms with Crippen molar-refractivity contribution >= 4 is 29.1 Å². The molecule has 1 amide bonds. The Morgan fingerprint density at radius 3 is 2.64 bits per heavy atom. The summed E-state index contributed by atoms with van der Waals surface area (Å²) < 4.78 is 0. The average Bonchev–Trinajstić information content (AvgIpc) is 2.73. The van der Waals surface area contributed by atoms with Gasteiger partial charge >= 0.3 is 0 Å². The second-order valence-corrected chi connectivity index (χ2v) is 7.69. The van der Waals surface area contributed by atoms with Gasteiger partial charge in [-0.1, -0.05) is 23.2 Å². The third kappa shape index (κ3) is 2.12. The van der Waals surface area contributed by atoms with Gasteiger partial charge in [0.25, 0.3) is 0 Å². The number of rotatable bonds is 2. The fourth-order valence-electron chi connectivity index (χ4n) is 4.15. The van der Waals surface area contributed by atoms with Crippen LogP contribution in [0, 0.1) is 5.41 Å². The summed E-state index contributed by atoms with van der Waals surface area (Å²) in [4.78, 5) is 14.3. The molecule has 1 unspecified atom stereocenters. The zero-order valence-electron chi connectivity index (χ0n) is 12.1. The molecule has 1 saturated carbocycles. The van der Waals surface area contributed by atoms with Gasteiger partial charge in [-0.25, -0.2) is 0 Å². The van der Waals surface area contributed by atoms with Gasteiger partial charge in [-0.2, -0.15) is 0 Å². The SMILES string of the molecule is O=C1CC(c2c(O)ccc(Cl)c2Cl)CN1C1CC2(CNC2)C1. The van der Waals surface area contributed by atoms with Crippen molar-refractivity contribution in [1.29, 1.82) is 0 Å². The Kier molecular flexibility index (Phi) is 3.33. The molecule has 22 heavy (non-hydrogen) atoms. The normalized spacial score (nSPS) is 27.1. The lowest BCUT2D eigenvalue weighted by Crippen LogP contribution is -2.65. The summed E-state index contributed by atoms with van der Waals surface area (Å²) in [5.74, 6) is 0.213. The second-order valence-electron chi connectivity index (χ2n) is 6.91. The summed E-state index contributed by atoms with van der Waals surface area (Å²) in [6, 6.07) is 3.48. The molecule has 2 saturated heterocycles. The highest BCUT2D eigenvalue weighted by Gasteiger charge is 2.52. The maximum atomic E-state index is 12.4. The molecule has 3 aliphatic rings. The molecule has 0 aromatic heterocycles. The maximum Gasteiger partial charge on any atom is 0.223 e. The van der Waals surface area contributed by atoms with Crippen molar-refractivity contribution in [1.82, 2.24) is 10.2 Å². The molecule has 6 heteroatoms. The van der Waals surface area contributed by atoms with Crippen molar-refractivity contribution in [3.63, 3.8) is 0 Å². The molecule has 118 valence electrons. The number of halogens is 2. The van der Waals surface area contributed by atoms with Crippen LogP contribution in [-0.4, -0.2) is 41.6 Å². The number of hydrogen-bond donors (Lipinski definition) is 2.